The first-order chi connectivity index (χ1) is 6.56. The molecule has 0 radical (unpaired) electrons. The SMILES string of the molecule is CC(C)(O)Cc1csc2ccccc12. The van der Waals surface area contributed by atoms with Crippen LogP contribution in [-0.2, 0) is 6.42 Å². The molecule has 0 aliphatic heterocycles. The molecule has 1 N–H and O–H groups in total. The van der Waals surface area contributed by atoms with Crippen molar-refractivity contribution in [1.82, 2.24) is 0 Å². The lowest BCUT2D eigenvalue weighted by Crippen LogP contribution is -2.21. The Bertz CT molecular complexity index is 437. The van der Waals surface area contributed by atoms with Crippen molar-refractivity contribution in [2.24, 2.45) is 0 Å². The van der Waals surface area contributed by atoms with Gasteiger partial charge in [-0.1, -0.05) is 18.2 Å². The van der Waals surface area contributed by atoms with Crippen LogP contribution in [0.3, 0.4) is 0 Å². The van der Waals surface area contributed by atoms with E-state index in [-0.39, 0.29) is 0 Å². The molecule has 0 amide bonds. The Morgan fingerprint density at radius 2 is 2.00 bits per heavy atom. The fourth-order valence-corrected chi connectivity index (χ4v) is 2.60. The van der Waals surface area contributed by atoms with Gasteiger partial charge in [-0.2, -0.15) is 0 Å². The van der Waals surface area contributed by atoms with Crippen LogP contribution in [0.15, 0.2) is 29.6 Å². The van der Waals surface area contributed by atoms with Crippen LogP contribution in [0.25, 0.3) is 10.1 Å². The molecule has 0 saturated heterocycles. The first-order valence-electron chi connectivity index (χ1n) is 4.74. The van der Waals surface area contributed by atoms with Gasteiger partial charge in [0, 0.05) is 11.1 Å². The molecule has 0 aliphatic rings. The molecule has 1 nitrogen and oxygen atoms in total. The summed E-state index contributed by atoms with van der Waals surface area (Å²) < 4.78 is 1.30. The summed E-state index contributed by atoms with van der Waals surface area (Å²) in [5, 5.41) is 13.2. The lowest BCUT2D eigenvalue weighted by Gasteiger charge is -2.16. The van der Waals surface area contributed by atoms with Crippen molar-refractivity contribution >= 4 is 21.4 Å². The third-order valence-electron chi connectivity index (χ3n) is 2.18. The Morgan fingerprint density at radius 1 is 1.29 bits per heavy atom. The molecule has 0 spiro atoms. The van der Waals surface area contributed by atoms with Gasteiger partial charge in [-0.15, -0.1) is 11.3 Å². The van der Waals surface area contributed by atoms with Gasteiger partial charge in [0.1, 0.15) is 0 Å². The first-order valence-corrected chi connectivity index (χ1v) is 5.62. The summed E-state index contributed by atoms with van der Waals surface area (Å²) in [6.45, 7) is 3.69. The van der Waals surface area contributed by atoms with E-state index in [2.05, 4.69) is 17.5 Å². The van der Waals surface area contributed by atoms with Gasteiger partial charge >= 0.3 is 0 Å². The van der Waals surface area contributed by atoms with Crippen LogP contribution in [-0.4, -0.2) is 10.7 Å². The van der Waals surface area contributed by atoms with Crippen LogP contribution < -0.4 is 0 Å². The summed E-state index contributed by atoms with van der Waals surface area (Å²) in [6.07, 6.45) is 0.719. The highest BCUT2D eigenvalue weighted by Gasteiger charge is 2.15. The van der Waals surface area contributed by atoms with E-state index in [4.69, 9.17) is 0 Å². The maximum absolute atomic E-state index is 9.75. The van der Waals surface area contributed by atoms with Gasteiger partial charge in [0.15, 0.2) is 0 Å². The second kappa shape index (κ2) is 3.37. The van der Waals surface area contributed by atoms with Gasteiger partial charge in [-0.25, -0.2) is 0 Å². The van der Waals surface area contributed by atoms with E-state index in [1.54, 1.807) is 11.3 Å². The van der Waals surface area contributed by atoms with Crippen LogP contribution in [0.4, 0.5) is 0 Å². The zero-order valence-corrected chi connectivity index (χ0v) is 9.27. The highest BCUT2D eigenvalue weighted by molar-refractivity contribution is 7.17. The summed E-state index contributed by atoms with van der Waals surface area (Å²) in [4.78, 5) is 0. The minimum absolute atomic E-state index is 0.621. The maximum atomic E-state index is 9.75. The van der Waals surface area contributed by atoms with Gasteiger partial charge in [0.05, 0.1) is 5.60 Å². The highest BCUT2D eigenvalue weighted by Crippen LogP contribution is 2.28. The van der Waals surface area contributed by atoms with E-state index in [1.165, 1.54) is 15.6 Å². The topological polar surface area (TPSA) is 20.2 Å². The van der Waals surface area contributed by atoms with Crippen molar-refractivity contribution in [3.63, 3.8) is 0 Å². The van der Waals surface area contributed by atoms with Gasteiger partial charge in [0.25, 0.3) is 0 Å². The Balaban J connectivity index is 2.44. The molecule has 0 aliphatic carbocycles. The predicted molar refractivity (Wildman–Crippen MR) is 61.8 cm³/mol. The van der Waals surface area contributed by atoms with Crippen LogP contribution >= 0.6 is 11.3 Å². The van der Waals surface area contributed by atoms with Crippen molar-refractivity contribution in [2.45, 2.75) is 25.9 Å². The molecule has 0 unspecified atom stereocenters. The fourth-order valence-electron chi connectivity index (χ4n) is 1.64. The highest BCUT2D eigenvalue weighted by atomic mass is 32.1. The summed E-state index contributed by atoms with van der Waals surface area (Å²) in [7, 11) is 0. The van der Waals surface area contributed by atoms with E-state index in [0.717, 1.165) is 6.42 Å². The zero-order valence-electron chi connectivity index (χ0n) is 8.45. The van der Waals surface area contributed by atoms with E-state index in [9.17, 15) is 5.11 Å². The van der Waals surface area contributed by atoms with Crippen LogP contribution in [0.1, 0.15) is 19.4 Å². The molecular formula is C12H14OS. The average molecular weight is 206 g/mol. The number of hydrogen-bond donors (Lipinski definition) is 1. The summed E-state index contributed by atoms with van der Waals surface area (Å²) >= 11 is 1.74. The van der Waals surface area contributed by atoms with E-state index in [1.807, 2.05) is 26.0 Å². The second-order valence-electron chi connectivity index (χ2n) is 4.25. The molecular weight excluding hydrogens is 192 g/mol. The lowest BCUT2D eigenvalue weighted by molar-refractivity contribution is 0.0814. The Hall–Kier alpha value is -0.860. The van der Waals surface area contributed by atoms with Gasteiger partial charge in [0.2, 0.25) is 0 Å². The Labute approximate surface area is 88.0 Å². The third-order valence-corrected chi connectivity index (χ3v) is 3.20. The minimum Gasteiger partial charge on any atom is -0.390 e. The van der Waals surface area contributed by atoms with Crippen LogP contribution in [0, 0.1) is 0 Å². The Morgan fingerprint density at radius 3 is 2.71 bits per heavy atom. The second-order valence-corrected chi connectivity index (χ2v) is 5.16. The number of rotatable bonds is 2. The van der Waals surface area contributed by atoms with Crippen molar-refractivity contribution in [2.75, 3.05) is 0 Å². The molecule has 2 rings (SSSR count). The summed E-state index contributed by atoms with van der Waals surface area (Å²) in [6, 6.07) is 8.33. The molecule has 0 bridgehead atoms. The van der Waals surface area contributed by atoms with E-state index < -0.39 is 5.60 Å². The standard InChI is InChI=1S/C12H14OS/c1-12(2,13)7-9-8-14-11-6-4-3-5-10(9)11/h3-6,8,13H,7H2,1-2H3. The quantitative estimate of drug-likeness (QED) is 0.800. The number of benzene rings is 1. The molecule has 74 valence electrons. The minimum atomic E-state index is -0.621. The van der Waals surface area contributed by atoms with Crippen molar-refractivity contribution in [3.8, 4) is 0 Å². The molecule has 2 aromatic rings. The number of thiophene rings is 1. The summed E-state index contributed by atoms with van der Waals surface area (Å²) in [5.41, 5.74) is 0.627. The maximum Gasteiger partial charge on any atom is 0.0632 e. The van der Waals surface area contributed by atoms with Crippen LogP contribution in [0.2, 0.25) is 0 Å². The molecule has 0 fully saturated rings. The van der Waals surface area contributed by atoms with E-state index in [0.29, 0.717) is 0 Å². The van der Waals surface area contributed by atoms with Gasteiger partial charge in [-0.3, -0.25) is 0 Å². The molecule has 1 aromatic carbocycles. The number of hydrogen-bond acceptors (Lipinski definition) is 2. The molecule has 0 atom stereocenters. The first kappa shape index (κ1) is 9.69. The smallest absolute Gasteiger partial charge is 0.0632 e. The third kappa shape index (κ3) is 1.97. The van der Waals surface area contributed by atoms with Gasteiger partial charge in [-0.05, 0) is 36.2 Å². The largest absolute Gasteiger partial charge is 0.390 e. The monoisotopic (exact) mass is 206 g/mol. The van der Waals surface area contributed by atoms with Crippen LogP contribution in [0.5, 0.6) is 0 Å². The summed E-state index contributed by atoms with van der Waals surface area (Å²) in [5.74, 6) is 0. The van der Waals surface area contributed by atoms with Crippen molar-refractivity contribution < 1.29 is 5.11 Å². The van der Waals surface area contributed by atoms with E-state index >= 15 is 0 Å². The van der Waals surface area contributed by atoms with Crippen molar-refractivity contribution in [1.29, 1.82) is 0 Å². The normalized spacial score (nSPS) is 12.2. The lowest BCUT2D eigenvalue weighted by atomic mass is 9.98. The molecule has 14 heavy (non-hydrogen) atoms. The fraction of sp³-hybridized carbons (Fsp3) is 0.333. The average Bonchev–Trinajstić information content (AvgIpc) is 2.47. The number of aliphatic hydroxyl groups is 1. The molecule has 2 heteroatoms. The van der Waals surface area contributed by atoms with Gasteiger partial charge < -0.3 is 5.11 Å². The molecule has 0 saturated carbocycles. The Kier molecular flexibility index (Phi) is 2.33. The zero-order chi connectivity index (χ0) is 10.2. The van der Waals surface area contributed by atoms with Crippen molar-refractivity contribution in [3.05, 3.63) is 35.2 Å². The number of fused-ring (bicyclic) bond motifs is 1. The molecule has 1 aromatic heterocycles. The molecule has 1 heterocycles. The predicted octanol–water partition coefficient (Wildman–Crippen LogP) is 3.21.